The van der Waals surface area contributed by atoms with Gasteiger partial charge in [-0.3, -0.25) is 4.90 Å². The number of nitrogens with zero attached hydrogens (tertiary/aromatic N) is 1. The fraction of sp³-hybridized carbons (Fsp3) is 0.286. The first-order valence-corrected chi connectivity index (χ1v) is 6.05. The molecule has 2 rings (SSSR count). The molecule has 20 heavy (non-hydrogen) atoms. The van der Waals surface area contributed by atoms with Gasteiger partial charge in [0.15, 0.2) is 0 Å². The maximum atomic E-state index is 13.2. The van der Waals surface area contributed by atoms with E-state index in [2.05, 4.69) is 11.2 Å². The van der Waals surface area contributed by atoms with Crippen LogP contribution in [0.2, 0.25) is 0 Å². The number of hydrogen-bond acceptors (Lipinski definition) is 2. The van der Waals surface area contributed by atoms with Crippen molar-refractivity contribution in [3.05, 3.63) is 29.6 Å². The van der Waals surface area contributed by atoms with Gasteiger partial charge in [0.1, 0.15) is 11.9 Å². The van der Waals surface area contributed by atoms with Gasteiger partial charge in [-0.25, -0.2) is 14.0 Å². The normalized spacial score (nSPS) is 14.3. The van der Waals surface area contributed by atoms with Crippen LogP contribution in [0, 0.1) is 18.2 Å². The predicted molar refractivity (Wildman–Crippen MR) is 70.9 cm³/mol. The average Bonchev–Trinajstić information content (AvgIpc) is 2.80. The summed E-state index contributed by atoms with van der Waals surface area (Å²) in [5.41, 5.74) is 1.32. The highest BCUT2D eigenvalue weighted by Gasteiger charge is 2.28. The van der Waals surface area contributed by atoms with Crippen molar-refractivity contribution in [1.82, 2.24) is 5.32 Å². The molecule has 0 aromatic heterocycles. The smallest absolute Gasteiger partial charge is 0.327 e. The van der Waals surface area contributed by atoms with Gasteiger partial charge < -0.3 is 10.4 Å². The number of fused-ring (bicyclic) bond motifs is 1. The van der Waals surface area contributed by atoms with Crippen LogP contribution in [-0.4, -0.2) is 29.7 Å². The first-order chi connectivity index (χ1) is 9.52. The Morgan fingerprint density at radius 1 is 1.55 bits per heavy atom. The Bertz CT molecular complexity index is 595. The molecule has 0 bridgehead atoms. The molecule has 2 amide bonds. The minimum absolute atomic E-state index is 0.106. The van der Waals surface area contributed by atoms with Crippen molar-refractivity contribution in [2.75, 3.05) is 11.4 Å². The molecule has 1 aromatic carbocycles. The lowest BCUT2D eigenvalue weighted by atomic mass is 10.2. The lowest BCUT2D eigenvalue weighted by Gasteiger charge is -2.20. The van der Waals surface area contributed by atoms with E-state index in [4.69, 9.17) is 11.5 Å². The lowest BCUT2D eigenvalue weighted by molar-refractivity contribution is -0.139. The van der Waals surface area contributed by atoms with Crippen LogP contribution in [0.4, 0.5) is 14.9 Å². The lowest BCUT2D eigenvalue weighted by Crippen LogP contribution is -2.47. The summed E-state index contributed by atoms with van der Waals surface area (Å²) >= 11 is 0. The molecule has 0 radical (unpaired) electrons. The zero-order chi connectivity index (χ0) is 14.7. The molecule has 1 heterocycles. The molecule has 2 N–H and O–H groups in total. The number of carbonyl (C=O) groups is 2. The third kappa shape index (κ3) is 2.72. The van der Waals surface area contributed by atoms with Gasteiger partial charge in [-0.15, -0.1) is 12.3 Å². The molecule has 0 aliphatic carbocycles. The van der Waals surface area contributed by atoms with Crippen molar-refractivity contribution in [3.8, 4) is 12.3 Å². The van der Waals surface area contributed by atoms with E-state index in [0.29, 0.717) is 18.7 Å². The number of carbonyl (C=O) groups excluding carboxylic acids is 1. The van der Waals surface area contributed by atoms with Crippen molar-refractivity contribution in [2.24, 2.45) is 0 Å². The summed E-state index contributed by atoms with van der Waals surface area (Å²) in [6.07, 6.45) is 5.57. The van der Waals surface area contributed by atoms with Gasteiger partial charge >= 0.3 is 12.0 Å². The summed E-state index contributed by atoms with van der Waals surface area (Å²) in [4.78, 5) is 24.3. The highest BCUT2D eigenvalue weighted by Crippen LogP contribution is 2.28. The Morgan fingerprint density at radius 3 is 2.95 bits per heavy atom. The SMILES string of the molecule is C#CCC(NC(=O)N1CCc2ccc(F)cc21)C(=O)O. The number of amides is 2. The molecule has 0 saturated carbocycles. The topological polar surface area (TPSA) is 69.6 Å². The standard InChI is InChI=1S/C14H13FN2O3/c1-2-3-11(13(18)19)16-14(20)17-7-6-9-4-5-10(15)8-12(9)17/h1,4-5,8,11H,3,6-7H2,(H,16,20)(H,18,19). The third-order valence-corrected chi connectivity index (χ3v) is 3.11. The Hall–Kier alpha value is -2.55. The largest absolute Gasteiger partial charge is 0.480 e. The molecule has 1 atom stereocenters. The van der Waals surface area contributed by atoms with Gasteiger partial charge in [0.05, 0.1) is 5.69 Å². The van der Waals surface area contributed by atoms with E-state index in [1.165, 1.54) is 17.0 Å². The number of urea groups is 1. The Morgan fingerprint density at radius 2 is 2.30 bits per heavy atom. The third-order valence-electron chi connectivity index (χ3n) is 3.11. The van der Waals surface area contributed by atoms with Crippen LogP contribution in [0.25, 0.3) is 0 Å². The van der Waals surface area contributed by atoms with Crippen molar-refractivity contribution in [3.63, 3.8) is 0 Å². The van der Waals surface area contributed by atoms with Crippen molar-refractivity contribution in [1.29, 1.82) is 0 Å². The Labute approximate surface area is 115 Å². The number of terminal acetylenes is 1. The maximum Gasteiger partial charge on any atom is 0.327 e. The number of hydrogen-bond donors (Lipinski definition) is 2. The minimum Gasteiger partial charge on any atom is -0.480 e. The zero-order valence-electron chi connectivity index (χ0n) is 10.6. The van der Waals surface area contributed by atoms with Gasteiger partial charge in [0, 0.05) is 13.0 Å². The molecular weight excluding hydrogens is 263 g/mol. The summed E-state index contributed by atoms with van der Waals surface area (Å²) in [7, 11) is 0. The summed E-state index contributed by atoms with van der Waals surface area (Å²) in [5.74, 6) is 0.557. The Kier molecular flexibility index (Phi) is 3.89. The van der Waals surface area contributed by atoms with Crippen LogP contribution in [0.3, 0.4) is 0 Å². The van der Waals surface area contributed by atoms with Crippen LogP contribution in [0.5, 0.6) is 0 Å². The monoisotopic (exact) mass is 276 g/mol. The number of halogens is 1. The van der Waals surface area contributed by atoms with Crippen molar-refractivity contribution >= 4 is 17.7 Å². The predicted octanol–water partition coefficient (Wildman–Crippen LogP) is 1.37. The van der Waals surface area contributed by atoms with Gasteiger partial charge in [-0.2, -0.15) is 0 Å². The molecule has 1 aromatic rings. The number of aliphatic carboxylic acids is 1. The van der Waals surface area contributed by atoms with Crippen molar-refractivity contribution in [2.45, 2.75) is 18.9 Å². The second kappa shape index (κ2) is 5.61. The number of anilines is 1. The fourth-order valence-electron chi connectivity index (χ4n) is 2.11. The molecule has 104 valence electrons. The van der Waals surface area contributed by atoms with Gasteiger partial charge in [0.2, 0.25) is 0 Å². The second-order valence-corrected chi connectivity index (χ2v) is 4.42. The molecule has 1 aliphatic rings. The molecule has 1 unspecified atom stereocenters. The number of carboxylic acids is 1. The van der Waals surface area contributed by atoms with Gasteiger partial charge in [-0.1, -0.05) is 6.07 Å². The quantitative estimate of drug-likeness (QED) is 0.819. The zero-order valence-corrected chi connectivity index (χ0v) is 10.6. The molecular formula is C14H13FN2O3. The van der Waals surface area contributed by atoms with E-state index in [1.807, 2.05) is 0 Å². The Balaban J connectivity index is 2.14. The van der Waals surface area contributed by atoms with Crippen LogP contribution < -0.4 is 10.2 Å². The van der Waals surface area contributed by atoms with Crippen LogP contribution in [-0.2, 0) is 11.2 Å². The number of benzene rings is 1. The molecule has 0 saturated heterocycles. The molecule has 0 fully saturated rings. The van der Waals surface area contributed by atoms with Crippen molar-refractivity contribution < 1.29 is 19.1 Å². The summed E-state index contributed by atoms with van der Waals surface area (Å²) in [5, 5.41) is 11.3. The van der Waals surface area contributed by atoms with Crippen LogP contribution in [0.15, 0.2) is 18.2 Å². The average molecular weight is 276 g/mol. The number of carboxylic acid groups (broad SMARTS) is 1. The maximum absolute atomic E-state index is 13.2. The van der Waals surface area contributed by atoms with Gasteiger partial charge in [-0.05, 0) is 24.1 Å². The highest BCUT2D eigenvalue weighted by atomic mass is 19.1. The van der Waals surface area contributed by atoms with Crippen LogP contribution in [0.1, 0.15) is 12.0 Å². The van der Waals surface area contributed by atoms with E-state index in [-0.39, 0.29) is 6.42 Å². The minimum atomic E-state index is -1.20. The highest BCUT2D eigenvalue weighted by molar-refractivity contribution is 5.96. The first-order valence-electron chi connectivity index (χ1n) is 6.05. The summed E-state index contributed by atoms with van der Waals surface area (Å²) in [6, 6.07) is 2.48. The van der Waals surface area contributed by atoms with Gasteiger partial charge in [0.25, 0.3) is 0 Å². The number of rotatable bonds is 3. The van der Waals surface area contributed by atoms with E-state index in [1.54, 1.807) is 6.07 Å². The molecule has 5 nitrogen and oxygen atoms in total. The number of nitrogens with one attached hydrogen (secondary N) is 1. The first kappa shape index (κ1) is 13.9. The fourth-order valence-corrected chi connectivity index (χ4v) is 2.11. The summed E-state index contributed by atoms with van der Waals surface area (Å²) < 4.78 is 13.2. The summed E-state index contributed by atoms with van der Waals surface area (Å²) in [6.45, 7) is 0.382. The second-order valence-electron chi connectivity index (χ2n) is 4.42. The van der Waals surface area contributed by atoms with E-state index >= 15 is 0 Å². The van der Waals surface area contributed by atoms with Crippen LogP contribution >= 0.6 is 0 Å². The van der Waals surface area contributed by atoms with E-state index in [0.717, 1.165) is 5.56 Å². The van der Waals surface area contributed by atoms with E-state index in [9.17, 15) is 14.0 Å². The van der Waals surface area contributed by atoms with E-state index < -0.39 is 23.9 Å². The molecule has 1 aliphatic heterocycles. The molecule has 6 heteroatoms. The molecule has 0 spiro atoms.